The number of hydrogen-bond acceptors (Lipinski definition) is 2. The Bertz CT molecular complexity index is 234. The molecule has 0 spiro atoms. The predicted molar refractivity (Wildman–Crippen MR) is 65.4 cm³/mol. The van der Waals surface area contributed by atoms with Crippen LogP contribution < -0.4 is 0 Å². The van der Waals surface area contributed by atoms with Crippen LogP contribution in [0.2, 0.25) is 0 Å². The molecular weight excluding hydrogens is 202 g/mol. The topological polar surface area (TPSA) is 40.5 Å². The smallest absolute Gasteiger partial charge is 0.317 e. The van der Waals surface area contributed by atoms with Gasteiger partial charge in [0.2, 0.25) is 0 Å². The summed E-state index contributed by atoms with van der Waals surface area (Å²) >= 11 is 0. The Morgan fingerprint density at radius 2 is 1.94 bits per heavy atom. The van der Waals surface area contributed by atoms with Crippen molar-refractivity contribution in [3.05, 3.63) is 0 Å². The first-order valence-corrected chi connectivity index (χ1v) is 6.43. The minimum atomic E-state index is -0.701. The fraction of sp³-hybridized carbons (Fsp3) is 0.923. The van der Waals surface area contributed by atoms with Crippen LogP contribution in [0.4, 0.5) is 0 Å². The van der Waals surface area contributed by atoms with E-state index in [1.165, 1.54) is 12.8 Å². The van der Waals surface area contributed by atoms with Gasteiger partial charge < -0.3 is 5.11 Å². The van der Waals surface area contributed by atoms with Crippen molar-refractivity contribution in [3.8, 4) is 0 Å². The molecule has 0 aromatic carbocycles. The Labute approximate surface area is 98.8 Å². The standard InChI is InChI=1S/C13H25NO2/c1-5-10(4)14(8-13(15)16)12-6-11(7-12)9(2)3/h9-12H,5-8H2,1-4H3,(H,15,16). The van der Waals surface area contributed by atoms with Gasteiger partial charge in [-0.05, 0) is 38.0 Å². The highest BCUT2D eigenvalue weighted by atomic mass is 16.4. The summed E-state index contributed by atoms with van der Waals surface area (Å²) in [5, 5.41) is 8.93. The fourth-order valence-electron chi connectivity index (χ4n) is 2.48. The molecule has 0 bridgehead atoms. The molecule has 1 aliphatic rings. The van der Waals surface area contributed by atoms with Crippen molar-refractivity contribution in [2.24, 2.45) is 11.8 Å². The van der Waals surface area contributed by atoms with Crippen molar-refractivity contribution >= 4 is 5.97 Å². The normalized spacial score (nSPS) is 26.9. The van der Waals surface area contributed by atoms with Crippen molar-refractivity contribution in [2.75, 3.05) is 6.54 Å². The van der Waals surface area contributed by atoms with E-state index in [4.69, 9.17) is 5.11 Å². The molecule has 0 amide bonds. The fourth-order valence-corrected chi connectivity index (χ4v) is 2.48. The summed E-state index contributed by atoms with van der Waals surface area (Å²) in [5.41, 5.74) is 0. The third-order valence-corrected chi connectivity index (χ3v) is 4.04. The van der Waals surface area contributed by atoms with Gasteiger partial charge in [0.1, 0.15) is 0 Å². The molecule has 0 aromatic heterocycles. The van der Waals surface area contributed by atoms with E-state index >= 15 is 0 Å². The van der Waals surface area contributed by atoms with E-state index in [9.17, 15) is 4.79 Å². The predicted octanol–water partition coefficient (Wildman–Crippen LogP) is 2.61. The summed E-state index contributed by atoms with van der Waals surface area (Å²) in [5.74, 6) is 0.832. The van der Waals surface area contributed by atoms with Crippen LogP contribution in [0.5, 0.6) is 0 Å². The number of carboxylic acids is 1. The molecule has 1 saturated carbocycles. The van der Waals surface area contributed by atoms with Gasteiger partial charge in [-0.1, -0.05) is 20.8 Å². The van der Waals surface area contributed by atoms with Gasteiger partial charge in [0.15, 0.2) is 0 Å². The zero-order valence-corrected chi connectivity index (χ0v) is 10.9. The van der Waals surface area contributed by atoms with E-state index in [1.807, 2.05) is 0 Å². The zero-order valence-electron chi connectivity index (χ0n) is 10.9. The summed E-state index contributed by atoms with van der Waals surface area (Å²) in [7, 11) is 0. The van der Waals surface area contributed by atoms with Crippen LogP contribution in [0.1, 0.15) is 47.0 Å². The van der Waals surface area contributed by atoms with Gasteiger partial charge in [-0.15, -0.1) is 0 Å². The van der Waals surface area contributed by atoms with Gasteiger partial charge in [0.25, 0.3) is 0 Å². The average molecular weight is 227 g/mol. The minimum Gasteiger partial charge on any atom is -0.480 e. The Balaban J connectivity index is 2.49. The van der Waals surface area contributed by atoms with Crippen LogP contribution in [0.15, 0.2) is 0 Å². The largest absolute Gasteiger partial charge is 0.480 e. The Kier molecular flexibility index (Phi) is 4.78. The first-order valence-electron chi connectivity index (χ1n) is 6.43. The molecule has 0 aromatic rings. The van der Waals surface area contributed by atoms with E-state index in [0.29, 0.717) is 12.1 Å². The van der Waals surface area contributed by atoms with E-state index < -0.39 is 5.97 Å². The first kappa shape index (κ1) is 13.5. The molecule has 94 valence electrons. The second kappa shape index (κ2) is 5.67. The minimum absolute atomic E-state index is 0.199. The number of rotatable bonds is 6. The first-order chi connectivity index (χ1) is 7.45. The molecule has 1 unspecified atom stereocenters. The molecule has 16 heavy (non-hydrogen) atoms. The highest BCUT2D eigenvalue weighted by Crippen LogP contribution is 2.37. The number of aliphatic carboxylic acids is 1. The van der Waals surface area contributed by atoms with Gasteiger partial charge in [-0.3, -0.25) is 9.69 Å². The maximum absolute atomic E-state index is 10.8. The van der Waals surface area contributed by atoms with Crippen LogP contribution in [0.3, 0.4) is 0 Å². The van der Waals surface area contributed by atoms with Gasteiger partial charge in [-0.2, -0.15) is 0 Å². The molecular formula is C13H25NO2. The summed E-state index contributed by atoms with van der Waals surface area (Å²) in [6.07, 6.45) is 3.38. The Morgan fingerprint density at radius 3 is 2.31 bits per heavy atom. The maximum atomic E-state index is 10.8. The summed E-state index contributed by atoms with van der Waals surface area (Å²) in [6, 6.07) is 0.882. The van der Waals surface area contributed by atoms with Gasteiger partial charge in [0.05, 0.1) is 6.54 Å². The molecule has 0 radical (unpaired) electrons. The quantitative estimate of drug-likeness (QED) is 0.758. The molecule has 1 rings (SSSR count). The number of nitrogens with zero attached hydrogens (tertiary/aromatic N) is 1. The van der Waals surface area contributed by atoms with Crippen molar-refractivity contribution < 1.29 is 9.90 Å². The monoisotopic (exact) mass is 227 g/mol. The van der Waals surface area contributed by atoms with E-state index in [2.05, 4.69) is 32.6 Å². The second-order valence-corrected chi connectivity index (χ2v) is 5.45. The second-order valence-electron chi connectivity index (χ2n) is 5.45. The van der Waals surface area contributed by atoms with Crippen molar-refractivity contribution in [1.82, 2.24) is 4.90 Å². The van der Waals surface area contributed by atoms with E-state index in [-0.39, 0.29) is 6.54 Å². The SMILES string of the molecule is CCC(C)N(CC(=O)O)C1CC(C(C)C)C1. The van der Waals surface area contributed by atoms with Gasteiger partial charge >= 0.3 is 5.97 Å². The van der Waals surface area contributed by atoms with Gasteiger partial charge in [0, 0.05) is 12.1 Å². The molecule has 0 aliphatic heterocycles. The van der Waals surface area contributed by atoms with Crippen molar-refractivity contribution in [3.63, 3.8) is 0 Å². The average Bonchev–Trinajstić information content (AvgIpc) is 2.11. The van der Waals surface area contributed by atoms with Crippen LogP contribution in [0.25, 0.3) is 0 Å². The lowest BCUT2D eigenvalue weighted by atomic mass is 9.72. The summed E-state index contributed by atoms with van der Waals surface area (Å²) in [4.78, 5) is 13.0. The lowest BCUT2D eigenvalue weighted by molar-refractivity contribution is -0.140. The van der Waals surface area contributed by atoms with Crippen molar-refractivity contribution in [1.29, 1.82) is 0 Å². The Morgan fingerprint density at radius 1 is 1.38 bits per heavy atom. The van der Waals surface area contributed by atoms with Gasteiger partial charge in [-0.25, -0.2) is 0 Å². The molecule has 1 N–H and O–H groups in total. The highest BCUT2D eigenvalue weighted by Gasteiger charge is 2.37. The van der Waals surface area contributed by atoms with Crippen LogP contribution in [0, 0.1) is 11.8 Å². The number of hydrogen-bond donors (Lipinski definition) is 1. The molecule has 0 heterocycles. The molecule has 1 aliphatic carbocycles. The number of carbonyl (C=O) groups is 1. The summed E-state index contributed by atoms with van der Waals surface area (Å²) < 4.78 is 0. The van der Waals surface area contributed by atoms with E-state index in [1.54, 1.807) is 0 Å². The molecule has 3 heteroatoms. The van der Waals surface area contributed by atoms with Crippen LogP contribution in [-0.4, -0.2) is 34.6 Å². The lowest BCUT2D eigenvalue weighted by Gasteiger charge is -2.46. The maximum Gasteiger partial charge on any atom is 0.317 e. The highest BCUT2D eigenvalue weighted by molar-refractivity contribution is 5.69. The zero-order chi connectivity index (χ0) is 12.3. The Hall–Kier alpha value is -0.570. The van der Waals surface area contributed by atoms with Crippen LogP contribution in [-0.2, 0) is 4.79 Å². The third-order valence-electron chi connectivity index (χ3n) is 4.04. The molecule has 1 fully saturated rings. The van der Waals surface area contributed by atoms with E-state index in [0.717, 1.165) is 18.3 Å². The molecule has 1 atom stereocenters. The molecule has 3 nitrogen and oxygen atoms in total. The molecule has 0 saturated heterocycles. The number of carboxylic acid groups (broad SMARTS) is 1. The third kappa shape index (κ3) is 3.21. The van der Waals surface area contributed by atoms with Crippen LogP contribution >= 0.6 is 0 Å². The summed E-state index contributed by atoms with van der Waals surface area (Å²) in [6.45, 7) is 8.96. The van der Waals surface area contributed by atoms with Crippen molar-refractivity contribution in [2.45, 2.75) is 59.0 Å². The lowest BCUT2D eigenvalue weighted by Crippen LogP contribution is -2.51.